The van der Waals surface area contributed by atoms with Gasteiger partial charge in [0.25, 0.3) is 0 Å². The number of hydrogen-bond donors (Lipinski definition) is 1. The van der Waals surface area contributed by atoms with Gasteiger partial charge in [0.1, 0.15) is 0 Å². The van der Waals surface area contributed by atoms with Gasteiger partial charge in [0, 0.05) is 29.6 Å². The Morgan fingerprint density at radius 1 is 1.27 bits per heavy atom. The number of hydrogen-bond acceptors (Lipinski definition) is 2. The number of benzene rings is 1. The zero-order chi connectivity index (χ0) is 15.4. The first kappa shape index (κ1) is 14.9. The summed E-state index contributed by atoms with van der Waals surface area (Å²) in [6, 6.07) is 11.1. The van der Waals surface area contributed by atoms with Gasteiger partial charge in [-0.3, -0.25) is 4.98 Å². The lowest BCUT2D eigenvalue weighted by Crippen LogP contribution is -2.41. The van der Waals surface area contributed by atoms with Gasteiger partial charge in [0.2, 0.25) is 0 Å². The Morgan fingerprint density at radius 2 is 2.18 bits per heavy atom. The van der Waals surface area contributed by atoms with Crippen molar-refractivity contribution in [3.05, 3.63) is 59.4 Å². The van der Waals surface area contributed by atoms with Crippen molar-refractivity contribution in [1.29, 1.82) is 0 Å². The highest BCUT2D eigenvalue weighted by molar-refractivity contribution is 6.30. The molecule has 5 heteroatoms. The summed E-state index contributed by atoms with van der Waals surface area (Å²) >= 11 is 5.97. The maximum Gasteiger partial charge on any atom is 0.322 e. The summed E-state index contributed by atoms with van der Waals surface area (Å²) in [7, 11) is 0. The van der Waals surface area contributed by atoms with E-state index in [4.69, 9.17) is 11.6 Å². The molecule has 1 aliphatic rings. The number of aromatic nitrogens is 1. The Balaban J connectivity index is 1.77. The smallest absolute Gasteiger partial charge is 0.317 e. The van der Waals surface area contributed by atoms with Crippen LogP contribution < -0.4 is 5.32 Å². The first-order valence-corrected chi connectivity index (χ1v) is 7.85. The van der Waals surface area contributed by atoms with Gasteiger partial charge in [-0.25, -0.2) is 4.79 Å². The number of nitrogens with one attached hydrogen (secondary N) is 1. The minimum absolute atomic E-state index is 0.0848. The van der Waals surface area contributed by atoms with Gasteiger partial charge >= 0.3 is 6.03 Å². The van der Waals surface area contributed by atoms with Gasteiger partial charge in [-0.05, 0) is 49.1 Å². The zero-order valence-corrected chi connectivity index (χ0v) is 13.0. The summed E-state index contributed by atoms with van der Waals surface area (Å²) in [5.41, 5.74) is 1.80. The van der Waals surface area contributed by atoms with E-state index in [-0.39, 0.29) is 12.1 Å². The molecule has 0 aliphatic carbocycles. The molecule has 114 valence electrons. The lowest BCUT2D eigenvalue weighted by molar-refractivity contribution is 0.163. The van der Waals surface area contributed by atoms with E-state index in [9.17, 15) is 4.79 Å². The van der Waals surface area contributed by atoms with Crippen LogP contribution in [0.15, 0.2) is 48.8 Å². The number of urea groups is 1. The fourth-order valence-corrected chi connectivity index (χ4v) is 3.05. The average molecular weight is 316 g/mol. The molecule has 2 amide bonds. The standard InChI is InChI=1S/C17H18ClN3O/c18-14-6-3-7-15(11-14)20-17(22)21-10-2-1-8-16(21)13-5-4-9-19-12-13/h3-7,9,11-12,16H,1-2,8,10H2,(H,20,22). The number of pyridine rings is 1. The van der Waals surface area contributed by atoms with E-state index in [2.05, 4.69) is 10.3 Å². The number of amides is 2. The predicted molar refractivity (Wildman–Crippen MR) is 88.0 cm³/mol. The molecule has 22 heavy (non-hydrogen) atoms. The number of carbonyl (C=O) groups is 1. The van der Waals surface area contributed by atoms with Crippen molar-refractivity contribution in [2.75, 3.05) is 11.9 Å². The number of piperidine rings is 1. The third-order valence-corrected chi connectivity index (χ3v) is 4.14. The van der Waals surface area contributed by atoms with Crippen LogP contribution >= 0.6 is 11.6 Å². The van der Waals surface area contributed by atoms with Crippen molar-refractivity contribution in [1.82, 2.24) is 9.88 Å². The fraction of sp³-hybridized carbons (Fsp3) is 0.294. The van der Waals surface area contributed by atoms with Crippen LogP contribution in [0, 0.1) is 0 Å². The number of anilines is 1. The molecule has 1 saturated heterocycles. The molecule has 1 atom stereocenters. The van der Waals surface area contributed by atoms with Crippen LogP contribution in [-0.2, 0) is 0 Å². The summed E-state index contributed by atoms with van der Waals surface area (Å²) in [5.74, 6) is 0. The predicted octanol–water partition coefficient (Wildman–Crippen LogP) is 4.49. The highest BCUT2D eigenvalue weighted by Crippen LogP contribution is 2.31. The number of halogens is 1. The quantitative estimate of drug-likeness (QED) is 0.887. The second kappa shape index (κ2) is 6.79. The molecular formula is C17H18ClN3O. The third kappa shape index (κ3) is 3.39. The molecule has 2 aromatic rings. The van der Waals surface area contributed by atoms with Crippen molar-refractivity contribution in [3.8, 4) is 0 Å². The first-order chi connectivity index (χ1) is 10.7. The highest BCUT2D eigenvalue weighted by Gasteiger charge is 2.28. The van der Waals surface area contributed by atoms with Crippen LogP contribution in [0.25, 0.3) is 0 Å². The maximum absolute atomic E-state index is 12.6. The molecule has 0 bridgehead atoms. The Morgan fingerprint density at radius 3 is 2.95 bits per heavy atom. The topological polar surface area (TPSA) is 45.2 Å². The molecule has 3 rings (SSSR count). The van der Waals surface area contributed by atoms with E-state index in [1.807, 2.05) is 35.4 Å². The molecule has 0 spiro atoms. The number of likely N-dealkylation sites (tertiary alicyclic amines) is 1. The summed E-state index contributed by atoms with van der Waals surface area (Å²) in [6.45, 7) is 0.756. The van der Waals surface area contributed by atoms with Crippen LogP contribution in [-0.4, -0.2) is 22.5 Å². The third-order valence-electron chi connectivity index (χ3n) is 3.91. The fourth-order valence-electron chi connectivity index (χ4n) is 2.86. The van der Waals surface area contributed by atoms with Crippen molar-refractivity contribution in [2.24, 2.45) is 0 Å². The van der Waals surface area contributed by atoms with Gasteiger partial charge < -0.3 is 10.2 Å². The van der Waals surface area contributed by atoms with E-state index in [0.717, 1.165) is 31.4 Å². The Labute approximate surface area is 135 Å². The minimum atomic E-state index is -0.0872. The zero-order valence-electron chi connectivity index (χ0n) is 12.2. The van der Waals surface area contributed by atoms with E-state index < -0.39 is 0 Å². The molecule has 1 fully saturated rings. The van der Waals surface area contributed by atoms with Crippen LogP contribution in [0.4, 0.5) is 10.5 Å². The largest absolute Gasteiger partial charge is 0.322 e. The maximum atomic E-state index is 12.6. The summed E-state index contributed by atoms with van der Waals surface area (Å²) in [6.07, 6.45) is 6.72. The van der Waals surface area contributed by atoms with Crippen molar-refractivity contribution in [2.45, 2.75) is 25.3 Å². The van der Waals surface area contributed by atoms with E-state index in [1.54, 1.807) is 18.3 Å². The SMILES string of the molecule is O=C(Nc1cccc(Cl)c1)N1CCCCC1c1cccnc1. The van der Waals surface area contributed by atoms with Gasteiger partial charge in [-0.1, -0.05) is 23.7 Å². The van der Waals surface area contributed by atoms with Crippen LogP contribution in [0.5, 0.6) is 0 Å². The average Bonchev–Trinajstić information content (AvgIpc) is 2.56. The summed E-state index contributed by atoms with van der Waals surface area (Å²) in [4.78, 5) is 18.7. The van der Waals surface area contributed by atoms with Gasteiger partial charge in [-0.2, -0.15) is 0 Å². The summed E-state index contributed by atoms with van der Waals surface area (Å²) < 4.78 is 0. The highest BCUT2D eigenvalue weighted by atomic mass is 35.5. The monoisotopic (exact) mass is 315 g/mol. The molecule has 1 aromatic carbocycles. The van der Waals surface area contributed by atoms with Gasteiger partial charge in [0.15, 0.2) is 0 Å². The number of rotatable bonds is 2. The summed E-state index contributed by atoms with van der Waals surface area (Å²) in [5, 5.41) is 3.55. The lowest BCUT2D eigenvalue weighted by Gasteiger charge is -2.35. The molecule has 1 unspecified atom stereocenters. The van der Waals surface area contributed by atoms with Gasteiger partial charge in [-0.15, -0.1) is 0 Å². The Hall–Kier alpha value is -2.07. The molecule has 1 N–H and O–H groups in total. The lowest BCUT2D eigenvalue weighted by atomic mass is 9.97. The van der Waals surface area contributed by atoms with E-state index in [1.165, 1.54) is 0 Å². The van der Waals surface area contributed by atoms with Crippen LogP contribution in [0.3, 0.4) is 0 Å². The molecule has 0 saturated carbocycles. The van der Waals surface area contributed by atoms with E-state index in [0.29, 0.717) is 10.7 Å². The van der Waals surface area contributed by atoms with Gasteiger partial charge in [0.05, 0.1) is 6.04 Å². The minimum Gasteiger partial charge on any atom is -0.317 e. The second-order valence-corrected chi connectivity index (χ2v) is 5.87. The second-order valence-electron chi connectivity index (χ2n) is 5.43. The Bertz CT molecular complexity index is 647. The molecular weight excluding hydrogens is 298 g/mol. The van der Waals surface area contributed by atoms with Crippen LogP contribution in [0.2, 0.25) is 5.02 Å². The Kier molecular flexibility index (Phi) is 4.59. The van der Waals surface area contributed by atoms with Crippen LogP contribution in [0.1, 0.15) is 30.9 Å². The molecule has 1 aromatic heterocycles. The van der Waals surface area contributed by atoms with Crippen molar-refractivity contribution in [3.63, 3.8) is 0 Å². The van der Waals surface area contributed by atoms with E-state index >= 15 is 0 Å². The van der Waals surface area contributed by atoms with Crippen molar-refractivity contribution < 1.29 is 4.79 Å². The molecule has 2 heterocycles. The molecule has 4 nitrogen and oxygen atoms in total. The number of nitrogens with zero attached hydrogens (tertiary/aromatic N) is 2. The molecule has 1 aliphatic heterocycles. The number of carbonyl (C=O) groups excluding carboxylic acids is 1. The first-order valence-electron chi connectivity index (χ1n) is 7.47. The normalized spacial score (nSPS) is 18.0. The molecule has 0 radical (unpaired) electrons. The van der Waals surface area contributed by atoms with Crippen molar-refractivity contribution >= 4 is 23.3 Å².